The van der Waals surface area contributed by atoms with Crippen molar-refractivity contribution >= 4 is 11.5 Å². The van der Waals surface area contributed by atoms with E-state index in [-0.39, 0.29) is 6.61 Å². The summed E-state index contributed by atoms with van der Waals surface area (Å²) in [6, 6.07) is 12.7. The van der Waals surface area contributed by atoms with Crippen molar-refractivity contribution < 1.29 is 19.0 Å². The van der Waals surface area contributed by atoms with E-state index in [1.165, 1.54) is 14.2 Å². The summed E-state index contributed by atoms with van der Waals surface area (Å²) < 4.78 is 17.7. The van der Waals surface area contributed by atoms with Crippen LogP contribution < -0.4 is 9.47 Å². The number of carbonyl (C=O) groups excluding carboxylic acids is 1. The first-order valence-corrected chi connectivity index (χ1v) is 7.55. The van der Waals surface area contributed by atoms with E-state index < -0.39 is 5.97 Å². The highest BCUT2D eigenvalue weighted by atomic mass is 16.5. The van der Waals surface area contributed by atoms with Crippen molar-refractivity contribution in [3.05, 3.63) is 65.5 Å². The highest BCUT2D eigenvalue weighted by molar-refractivity contribution is 5.90. The lowest BCUT2D eigenvalue weighted by atomic mass is 10.2. The number of nitriles is 1. The van der Waals surface area contributed by atoms with Gasteiger partial charge in [0.25, 0.3) is 0 Å². The van der Waals surface area contributed by atoms with Gasteiger partial charge in [-0.3, -0.25) is 0 Å². The molecule has 0 amide bonds. The normalized spacial score (nSPS) is 10.3. The van der Waals surface area contributed by atoms with E-state index in [1.807, 2.05) is 35.0 Å². The van der Waals surface area contributed by atoms with Crippen LogP contribution in [-0.4, -0.2) is 24.6 Å². The Kier molecular flexibility index (Phi) is 4.57. The van der Waals surface area contributed by atoms with Crippen LogP contribution in [0.3, 0.4) is 0 Å². The van der Waals surface area contributed by atoms with Gasteiger partial charge in [0.1, 0.15) is 12.7 Å². The first-order chi connectivity index (χ1) is 12.2. The van der Waals surface area contributed by atoms with Crippen LogP contribution in [0, 0.1) is 11.3 Å². The number of hydrogen-bond acceptors (Lipinski definition) is 5. The molecular weight excluding hydrogens is 320 g/mol. The van der Waals surface area contributed by atoms with Crippen LogP contribution in [0.4, 0.5) is 0 Å². The molecule has 0 unspecified atom stereocenters. The van der Waals surface area contributed by atoms with Crippen molar-refractivity contribution in [2.45, 2.75) is 6.61 Å². The fraction of sp³-hybridized carbons (Fsp3) is 0.158. The molecule has 1 aromatic carbocycles. The molecule has 6 heteroatoms. The SMILES string of the molecule is COC(=O)c1ccc(OCc2cn3ccccc3c2C#N)c(OC)c1. The van der Waals surface area contributed by atoms with E-state index in [1.54, 1.807) is 18.2 Å². The molecule has 0 atom stereocenters. The minimum Gasteiger partial charge on any atom is -0.493 e. The molecule has 3 aromatic rings. The average molecular weight is 336 g/mol. The van der Waals surface area contributed by atoms with Crippen molar-refractivity contribution in [3.63, 3.8) is 0 Å². The number of ether oxygens (including phenoxy) is 3. The number of nitrogens with zero attached hydrogens (tertiary/aromatic N) is 2. The first kappa shape index (κ1) is 16.4. The zero-order valence-corrected chi connectivity index (χ0v) is 13.9. The quantitative estimate of drug-likeness (QED) is 0.669. The van der Waals surface area contributed by atoms with E-state index in [0.717, 1.165) is 11.1 Å². The molecule has 0 saturated carbocycles. The van der Waals surface area contributed by atoms with Crippen LogP contribution in [0.5, 0.6) is 11.5 Å². The van der Waals surface area contributed by atoms with E-state index in [0.29, 0.717) is 22.6 Å². The maximum absolute atomic E-state index is 11.6. The fourth-order valence-electron chi connectivity index (χ4n) is 2.60. The zero-order valence-electron chi connectivity index (χ0n) is 13.9. The van der Waals surface area contributed by atoms with Gasteiger partial charge in [0.2, 0.25) is 0 Å². The molecule has 6 nitrogen and oxygen atoms in total. The summed E-state index contributed by atoms with van der Waals surface area (Å²) >= 11 is 0. The number of pyridine rings is 1. The minimum atomic E-state index is -0.449. The topological polar surface area (TPSA) is 73.0 Å². The molecule has 0 radical (unpaired) electrons. The second-order valence-electron chi connectivity index (χ2n) is 5.28. The summed E-state index contributed by atoms with van der Waals surface area (Å²) in [5, 5.41) is 9.43. The Morgan fingerprint density at radius 1 is 1.20 bits per heavy atom. The largest absolute Gasteiger partial charge is 0.493 e. The molecule has 0 aliphatic rings. The predicted molar refractivity (Wildman–Crippen MR) is 90.8 cm³/mol. The van der Waals surface area contributed by atoms with E-state index in [9.17, 15) is 10.1 Å². The number of carbonyl (C=O) groups is 1. The van der Waals surface area contributed by atoms with Gasteiger partial charge in [-0.1, -0.05) is 6.07 Å². The van der Waals surface area contributed by atoms with E-state index in [2.05, 4.69) is 6.07 Å². The molecule has 0 saturated heterocycles. The zero-order chi connectivity index (χ0) is 17.8. The predicted octanol–water partition coefficient (Wildman–Crippen LogP) is 3.19. The Morgan fingerprint density at radius 2 is 2.04 bits per heavy atom. The van der Waals surface area contributed by atoms with Gasteiger partial charge in [-0.05, 0) is 30.3 Å². The summed E-state index contributed by atoms with van der Waals surface area (Å²) in [5.74, 6) is 0.453. The fourth-order valence-corrected chi connectivity index (χ4v) is 2.60. The van der Waals surface area contributed by atoms with Crippen molar-refractivity contribution in [1.29, 1.82) is 5.26 Å². The van der Waals surface area contributed by atoms with Crippen LogP contribution in [0.1, 0.15) is 21.5 Å². The van der Waals surface area contributed by atoms with Gasteiger partial charge in [-0.15, -0.1) is 0 Å². The molecule has 3 rings (SSSR count). The lowest BCUT2D eigenvalue weighted by molar-refractivity contribution is 0.0600. The lowest BCUT2D eigenvalue weighted by Crippen LogP contribution is -2.03. The minimum absolute atomic E-state index is 0.207. The average Bonchev–Trinajstić information content (AvgIpc) is 3.02. The van der Waals surface area contributed by atoms with Gasteiger partial charge in [0.05, 0.1) is 30.9 Å². The van der Waals surface area contributed by atoms with Gasteiger partial charge in [0.15, 0.2) is 11.5 Å². The lowest BCUT2D eigenvalue weighted by Gasteiger charge is -2.11. The van der Waals surface area contributed by atoms with Crippen molar-refractivity contribution in [2.24, 2.45) is 0 Å². The van der Waals surface area contributed by atoms with Gasteiger partial charge in [-0.2, -0.15) is 5.26 Å². The third-order valence-electron chi connectivity index (χ3n) is 3.84. The highest BCUT2D eigenvalue weighted by Gasteiger charge is 2.14. The number of methoxy groups -OCH3 is 2. The van der Waals surface area contributed by atoms with Gasteiger partial charge in [-0.25, -0.2) is 4.79 Å². The molecule has 2 heterocycles. The van der Waals surface area contributed by atoms with Gasteiger partial charge >= 0.3 is 5.97 Å². The summed E-state index contributed by atoms with van der Waals surface area (Å²) in [6.45, 7) is 0.207. The van der Waals surface area contributed by atoms with Crippen molar-refractivity contribution in [2.75, 3.05) is 14.2 Å². The molecule has 0 aliphatic carbocycles. The smallest absolute Gasteiger partial charge is 0.337 e. The summed E-state index contributed by atoms with van der Waals surface area (Å²) in [4.78, 5) is 11.6. The number of fused-ring (bicyclic) bond motifs is 1. The maximum atomic E-state index is 11.6. The highest BCUT2D eigenvalue weighted by Crippen LogP contribution is 2.30. The van der Waals surface area contributed by atoms with Gasteiger partial charge in [0, 0.05) is 18.0 Å². The van der Waals surface area contributed by atoms with Crippen LogP contribution in [0.2, 0.25) is 0 Å². The van der Waals surface area contributed by atoms with Crippen LogP contribution in [0.25, 0.3) is 5.52 Å². The first-order valence-electron chi connectivity index (χ1n) is 7.55. The second-order valence-corrected chi connectivity index (χ2v) is 5.28. The molecule has 25 heavy (non-hydrogen) atoms. The molecule has 0 fully saturated rings. The molecular formula is C19H16N2O4. The monoisotopic (exact) mass is 336 g/mol. The Bertz CT molecular complexity index is 969. The van der Waals surface area contributed by atoms with Crippen molar-refractivity contribution in [1.82, 2.24) is 4.40 Å². The number of rotatable bonds is 5. The molecule has 0 spiro atoms. The summed E-state index contributed by atoms with van der Waals surface area (Å²) in [7, 11) is 2.82. The molecule has 0 bridgehead atoms. The number of hydrogen-bond donors (Lipinski definition) is 0. The maximum Gasteiger partial charge on any atom is 0.337 e. The number of benzene rings is 1. The Balaban J connectivity index is 1.87. The number of aromatic nitrogens is 1. The summed E-state index contributed by atoms with van der Waals surface area (Å²) in [6.07, 6.45) is 3.74. The number of esters is 1. The van der Waals surface area contributed by atoms with Crippen LogP contribution in [-0.2, 0) is 11.3 Å². The third kappa shape index (κ3) is 3.12. The molecule has 126 valence electrons. The molecule has 0 aliphatic heterocycles. The Morgan fingerprint density at radius 3 is 2.76 bits per heavy atom. The van der Waals surface area contributed by atoms with Crippen LogP contribution >= 0.6 is 0 Å². The third-order valence-corrected chi connectivity index (χ3v) is 3.84. The van der Waals surface area contributed by atoms with Crippen molar-refractivity contribution in [3.8, 4) is 17.6 Å². The summed E-state index contributed by atoms with van der Waals surface area (Å²) in [5.41, 5.74) is 2.55. The van der Waals surface area contributed by atoms with Crippen LogP contribution in [0.15, 0.2) is 48.8 Å². The van der Waals surface area contributed by atoms with E-state index in [4.69, 9.17) is 14.2 Å². The Labute approximate surface area is 144 Å². The second kappa shape index (κ2) is 6.97. The van der Waals surface area contributed by atoms with E-state index >= 15 is 0 Å². The van der Waals surface area contributed by atoms with Gasteiger partial charge < -0.3 is 18.6 Å². The molecule has 0 N–H and O–H groups in total. The standard InChI is InChI=1S/C19H16N2O4/c1-23-18-9-13(19(22)24-2)6-7-17(18)25-12-14-11-21-8-4-3-5-16(21)15(14)10-20/h3-9,11H,12H2,1-2H3. The Hall–Kier alpha value is -3.46. The molecule has 2 aromatic heterocycles.